The molecule has 0 aliphatic carbocycles. The van der Waals surface area contributed by atoms with E-state index < -0.39 is 0 Å². The van der Waals surface area contributed by atoms with E-state index in [2.05, 4.69) is 10.6 Å². The molecule has 0 spiro atoms. The monoisotopic (exact) mass is 285 g/mol. The van der Waals surface area contributed by atoms with Crippen LogP contribution in [0.4, 0.5) is 0 Å². The maximum atomic E-state index is 12.5. The van der Waals surface area contributed by atoms with Crippen LogP contribution in [0.15, 0.2) is 35.1 Å². The normalized spacial score (nSPS) is 18.6. The van der Waals surface area contributed by atoms with Crippen molar-refractivity contribution in [3.05, 3.63) is 46.2 Å². The van der Waals surface area contributed by atoms with Gasteiger partial charge in [-0.05, 0) is 25.5 Å². The van der Waals surface area contributed by atoms with Crippen LogP contribution in [-0.2, 0) is 7.05 Å². The molecule has 1 atom stereocenters. The van der Waals surface area contributed by atoms with E-state index in [4.69, 9.17) is 0 Å². The Morgan fingerprint density at radius 3 is 2.95 bits per heavy atom. The molecule has 0 radical (unpaired) electrons. The molecule has 21 heavy (non-hydrogen) atoms. The number of fused-ring (bicyclic) bond motifs is 1. The lowest BCUT2D eigenvalue weighted by Crippen LogP contribution is -2.45. The van der Waals surface area contributed by atoms with Crippen molar-refractivity contribution in [2.75, 3.05) is 13.1 Å². The van der Waals surface area contributed by atoms with E-state index in [9.17, 15) is 9.59 Å². The third-order valence-corrected chi connectivity index (χ3v) is 4.03. The second kappa shape index (κ2) is 5.69. The molecule has 5 nitrogen and oxygen atoms in total. The highest BCUT2D eigenvalue weighted by Gasteiger charge is 2.18. The van der Waals surface area contributed by atoms with Crippen molar-refractivity contribution in [2.24, 2.45) is 7.05 Å². The van der Waals surface area contributed by atoms with Gasteiger partial charge in [-0.2, -0.15) is 0 Å². The van der Waals surface area contributed by atoms with Crippen LogP contribution in [0.5, 0.6) is 0 Å². The average Bonchev–Trinajstić information content (AvgIpc) is 2.52. The Labute approximate surface area is 123 Å². The molecule has 5 heteroatoms. The average molecular weight is 285 g/mol. The zero-order valence-electron chi connectivity index (χ0n) is 12.1. The van der Waals surface area contributed by atoms with Crippen molar-refractivity contribution in [1.29, 1.82) is 0 Å². The zero-order valence-corrected chi connectivity index (χ0v) is 12.1. The lowest BCUT2D eigenvalue weighted by molar-refractivity contribution is 0.0932. The first-order valence-electron chi connectivity index (χ1n) is 7.27. The predicted molar refractivity (Wildman–Crippen MR) is 82.5 cm³/mol. The quantitative estimate of drug-likeness (QED) is 0.866. The Kier molecular flexibility index (Phi) is 3.75. The van der Waals surface area contributed by atoms with Crippen LogP contribution in [0.25, 0.3) is 10.9 Å². The van der Waals surface area contributed by atoms with E-state index in [0.29, 0.717) is 5.56 Å². The molecule has 0 unspecified atom stereocenters. The largest absolute Gasteiger partial charge is 0.348 e. The molecule has 2 N–H and O–H groups in total. The summed E-state index contributed by atoms with van der Waals surface area (Å²) in [5.41, 5.74) is 1.07. The topological polar surface area (TPSA) is 63.1 Å². The first-order chi connectivity index (χ1) is 10.2. The van der Waals surface area contributed by atoms with Gasteiger partial charge < -0.3 is 15.2 Å². The second-order valence-corrected chi connectivity index (χ2v) is 5.49. The van der Waals surface area contributed by atoms with Gasteiger partial charge in [0, 0.05) is 31.1 Å². The summed E-state index contributed by atoms with van der Waals surface area (Å²) in [5, 5.41) is 7.10. The Morgan fingerprint density at radius 2 is 2.19 bits per heavy atom. The van der Waals surface area contributed by atoms with Crippen LogP contribution in [-0.4, -0.2) is 29.6 Å². The molecule has 3 rings (SSSR count). The van der Waals surface area contributed by atoms with Gasteiger partial charge in [0.05, 0.1) is 11.1 Å². The van der Waals surface area contributed by atoms with Gasteiger partial charge in [-0.3, -0.25) is 9.59 Å². The molecule has 1 amide bonds. The summed E-state index contributed by atoms with van der Waals surface area (Å²) in [5.74, 6) is -0.169. The summed E-state index contributed by atoms with van der Waals surface area (Å²) in [7, 11) is 1.72. The molecule has 1 aromatic carbocycles. The number of pyridine rings is 1. The number of para-hydroxylation sites is 1. The summed E-state index contributed by atoms with van der Waals surface area (Å²) in [6.07, 6.45) is 2.03. The summed E-state index contributed by atoms with van der Waals surface area (Å²) >= 11 is 0. The first-order valence-corrected chi connectivity index (χ1v) is 7.27. The van der Waals surface area contributed by atoms with Crippen molar-refractivity contribution in [3.63, 3.8) is 0 Å². The number of hydrogen-bond acceptors (Lipinski definition) is 3. The number of amides is 1. The summed E-state index contributed by atoms with van der Waals surface area (Å²) < 4.78 is 1.56. The first kappa shape index (κ1) is 13.8. The predicted octanol–water partition coefficient (Wildman–Crippen LogP) is 1.02. The number of piperidine rings is 1. The fourth-order valence-corrected chi connectivity index (χ4v) is 2.84. The minimum Gasteiger partial charge on any atom is -0.348 e. The van der Waals surface area contributed by atoms with Gasteiger partial charge in [0.25, 0.3) is 11.5 Å². The lowest BCUT2D eigenvalue weighted by atomic mass is 10.0. The molecule has 1 aromatic heterocycles. The van der Waals surface area contributed by atoms with E-state index in [-0.39, 0.29) is 17.5 Å². The van der Waals surface area contributed by atoms with Crippen LogP contribution in [0.1, 0.15) is 23.2 Å². The van der Waals surface area contributed by atoms with E-state index in [1.54, 1.807) is 11.6 Å². The molecule has 110 valence electrons. The zero-order chi connectivity index (χ0) is 14.8. The standard InChI is InChI=1S/C16H19N3O2/c1-19-14-7-3-2-6-12(14)13(9-15(19)20)16(21)18-11-5-4-8-17-10-11/h2-3,6-7,9,11,17H,4-5,8,10H2,1H3,(H,18,21)/t11-/m0/s1. The maximum absolute atomic E-state index is 12.5. The van der Waals surface area contributed by atoms with Crippen molar-refractivity contribution in [3.8, 4) is 0 Å². The van der Waals surface area contributed by atoms with E-state index in [0.717, 1.165) is 36.8 Å². The van der Waals surface area contributed by atoms with Crippen LogP contribution in [0, 0.1) is 0 Å². The molecule has 2 aromatic rings. The molecule has 1 aliphatic heterocycles. The molecule has 0 bridgehead atoms. The number of aryl methyl sites for hydroxylation is 1. The third kappa shape index (κ3) is 2.69. The van der Waals surface area contributed by atoms with E-state index in [1.807, 2.05) is 24.3 Å². The molecule has 0 saturated carbocycles. The SMILES string of the molecule is Cn1c(=O)cc(C(=O)N[C@H]2CCCNC2)c2ccccc21. The minimum absolute atomic E-state index is 0.133. The molecule has 2 heterocycles. The van der Waals surface area contributed by atoms with Crippen LogP contribution in [0.3, 0.4) is 0 Å². The van der Waals surface area contributed by atoms with Crippen LogP contribution >= 0.6 is 0 Å². The third-order valence-electron chi connectivity index (χ3n) is 4.03. The highest BCUT2D eigenvalue weighted by Crippen LogP contribution is 2.16. The number of aromatic nitrogens is 1. The Bertz CT molecular complexity index is 730. The summed E-state index contributed by atoms with van der Waals surface area (Å²) in [6.45, 7) is 1.79. The van der Waals surface area contributed by atoms with Crippen molar-refractivity contribution < 1.29 is 4.79 Å². The highest BCUT2D eigenvalue weighted by atomic mass is 16.2. The molecular formula is C16H19N3O2. The number of carbonyl (C=O) groups is 1. The van der Waals surface area contributed by atoms with Gasteiger partial charge in [0.2, 0.25) is 0 Å². The van der Waals surface area contributed by atoms with E-state index >= 15 is 0 Å². The summed E-state index contributed by atoms with van der Waals surface area (Å²) in [6, 6.07) is 9.04. The van der Waals surface area contributed by atoms with Crippen molar-refractivity contribution in [1.82, 2.24) is 15.2 Å². The smallest absolute Gasteiger partial charge is 0.252 e. The van der Waals surface area contributed by atoms with Crippen LogP contribution < -0.4 is 16.2 Å². The van der Waals surface area contributed by atoms with E-state index in [1.165, 1.54) is 6.07 Å². The molecule has 1 saturated heterocycles. The Balaban J connectivity index is 1.97. The maximum Gasteiger partial charge on any atom is 0.252 e. The molecule has 1 fully saturated rings. The number of rotatable bonds is 2. The van der Waals surface area contributed by atoms with Gasteiger partial charge in [0.15, 0.2) is 0 Å². The number of hydrogen-bond donors (Lipinski definition) is 2. The number of carbonyl (C=O) groups excluding carboxylic acids is 1. The van der Waals surface area contributed by atoms with Crippen molar-refractivity contribution in [2.45, 2.75) is 18.9 Å². The minimum atomic E-state index is -0.169. The Morgan fingerprint density at radius 1 is 1.38 bits per heavy atom. The van der Waals surface area contributed by atoms with Crippen molar-refractivity contribution >= 4 is 16.8 Å². The van der Waals surface area contributed by atoms with Gasteiger partial charge in [-0.1, -0.05) is 18.2 Å². The number of nitrogens with one attached hydrogen (secondary N) is 2. The fraction of sp³-hybridized carbons (Fsp3) is 0.375. The Hall–Kier alpha value is -2.14. The second-order valence-electron chi connectivity index (χ2n) is 5.49. The van der Waals surface area contributed by atoms with Gasteiger partial charge >= 0.3 is 0 Å². The van der Waals surface area contributed by atoms with Gasteiger partial charge in [0.1, 0.15) is 0 Å². The van der Waals surface area contributed by atoms with Gasteiger partial charge in [-0.25, -0.2) is 0 Å². The molecule has 1 aliphatic rings. The fourth-order valence-electron chi connectivity index (χ4n) is 2.84. The number of nitrogens with zero attached hydrogens (tertiary/aromatic N) is 1. The number of benzene rings is 1. The lowest BCUT2D eigenvalue weighted by Gasteiger charge is -2.24. The molecular weight excluding hydrogens is 266 g/mol. The van der Waals surface area contributed by atoms with Gasteiger partial charge in [-0.15, -0.1) is 0 Å². The van der Waals surface area contributed by atoms with Crippen LogP contribution in [0.2, 0.25) is 0 Å². The summed E-state index contributed by atoms with van der Waals surface area (Å²) in [4.78, 5) is 24.5. The highest BCUT2D eigenvalue weighted by molar-refractivity contribution is 6.06.